The predicted octanol–water partition coefficient (Wildman–Crippen LogP) is 2.80. The standard InChI is InChI=1S/C24H23FN4O5S/c1-14-2-7-19(18(25)10-14)27-22(31)20(11-16-12-35-13-26-16)29-23(32)21(28-24(29)33)15-3-5-17(6-4-15)34-9-8-30/h2-7,10,12-13,20-21,30H,8-9,11H2,1H3,(H,27,31)(H,28,33)/t20?,21-/m1/s1. The number of hydrogen-bond acceptors (Lipinski definition) is 7. The molecular weight excluding hydrogens is 475 g/mol. The van der Waals surface area contributed by atoms with Crippen molar-refractivity contribution in [2.45, 2.75) is 25.4 Å². The second-order valence-corrected chi connectivity index (χ2v) is 8.62. The highest BCUT2D eigenvalue weighted by Gasteiger charge is 2.45. The average molecular weight is 499 g/mol. The Morgan fingerprint density at radius 2 is 2.06 bits per heavy atom. The summed E-state index contributed by atoms with van der Waals surface area (Å²) >= 11 is 1.32. The fraction of sp³-hybridized carbons (Fsp3) is 0.250. The van der Waals surface area contributed by atoms with Gasteiger partial charge in [0.25, 0.3) is 5.91 Å². The summed E-state index contributed by atoms with van der Waals surface area (Å²) in [6.45, 7) is 1.71. The Morgan fingerprint density at radius 1 is 1.29 bits per heavy atom. The Kier molecular flexibility index (Phi) is 7.37. The Labute approximate surface area is 204 Å². The van der Waals surface area contributed by atoms with E-state index in [9.17, 15) is 18.8 Å². The molecule has 1 aliphatic heterocycles. The molecule has 0 spiro atoms. The molecule has 1 aromatic heterocycles. The van der Waals surface area contributed by atoms with Crippen LogP contribution in [0.1, 0.15) is 22.9 Å². The third-order valence-electron chi connectivity index (χ3n) is 5.43. The van der Waals surface area contributed by atoms with Gasteiger partial charge >= 0.3 is 6.03 Å². The lowest BCUT2D eigenvalue weighted by Gasteiger charge is -2.24. The first kappa shape index (κ1) is 24.3. The van der Waals surface area contributed by atoms with Gasteiger partial charge in [-0.2, -0.15) is 0 Å². The lowest BCUT2D eigenvalue weighted by Crippen LogP contribution is -2.49. The van der Waals surface area contributed by atoms with Crippen LogP contribution in [0.4, 0.5) is 14.9 Å². The van der Waals surface area contributed by atoms with Gasteiger partial charge in [0.1, 0.15) is 30.3 Å². The van der Waals surface area contributed by atoms with Crippen molar-refractivity contribution in [3.63, 3.8) is 0 Å². The summed E-state index contributed by atoms with van der Waals surface area (Å²) in [5, 5.41) is 15.7. The van der Waals surface area contributed by atoms with Gasteiger partial charge in [0.05, 0.1) is 23.5 Å². The molecule has 1 unspecified atom stereocenters. The highest BCUT2D eigenvalue weighted by Crippen LogP contribution is 2.27. The number of carbonyl (C=O) groups is 3. The molecule has 1 fully saturated rings. The third-order valence-corrected chi connectivity index (χ3v) is 6.06. The van der Waals surface area contributed by atoms with E-state index in [0.717, 1.165) is 4.90 Å². The molecule has 2 heterocycles. The zero-order valence-corrected chi connectivity index (χ0v) is 19.5. The molecule has 1 saturated heterocycles. The molecule has 3 aromatic rings. The van der Waals surface area contributed by atoms with Crippen LogP contribution in [0.25, 0.3) is 0 Å². The molecule has 1 aliphatic rings. The number of urea groups is 1. The van der Waals surface area contributed by atoms with Crippen LogP contribution in [0.15, 0.2) is 53.4 Å². The number of carbonyl (C=O) groups excluding carboxylic acids is 3. The number of aryl methyl sites for hydroxylation is 1. The Bertz CT molecular complexity index is 1220. The Hall–Kier alpha value is -3.83. The SMILES string of the molecule is Cc1ccc(NC(=O)C(Cc2cscn2)N2C(=O)N[C@H](c3ccc(OCCO)cc3)C2=O)c(F)c1. The number of hydrogen-bond donors (Lipinski definition) is 3. The van der Waals surface area contributed by atoms with E-state index < -0.39 is 35.7 Å². The third kappa shape index (κ3) is 5.47. The van der Waals surface area contributed by atoms with Crippen molar-refractivity contribution in [1.29, 1.82) is 0 Å². The fourth-order valence-electron chi connectivity index (χ4n) is 3.71. The van der Waals surface area contributed by atoms with Crippen molar-refractivity contribution in [2.24, 2.45) is 0 Å². The number of rotatable bonds is 9. The van der Waals surface area contributed by atoms with Gasteiger partial charge in [-0.05, 0) is 42.3 Å². The largest absolute Gasteiger partial charge is 0.491 e. The topological polar surface area (TPSA) is 121 Å². The first-order valence-corrected chi connectivity index (χ1v) is 11.7. The maximum atomic E-state index is 14.4. The van der Waals surface area contributed by atoms with E-state index >= 15 is 0 Å². The monoisotopic (exact) mass is 498 g/mol. The zero-order chi connectivity index (χ0) is 24.9. The Morgan fingerprint density at radius 3 is 2.71 bits per heavy atom. The molecule has 2 aromatic carbocycles. The number of benzene rings is 2. The zero-order valence-electron chi connectivity index (χ0n) is 18.7. The first-order chi connectivity index (χ1) is 16.9. The van der Waals surface area contributed by atoms with Gasteiger partial charge in [-0.25, -0.2) is 19.1 Å². The van der Waals surface area contributed by atoms with Crippen molar-refractivity contribution in [1.82, 2.24) is 15.2 Å². The van der Waals surface area contributed by atoms with Crippen LogP contribution >= 0.6 is 11.3 Å². The smallest absolute Gasteiger partial charge is 0.325 e. The van der Waals surface area contributed by atoms with Crippen LogP contribution in [0.3, 0.4) is 0 Å². The van der Waals surface area contributed by atoms with Crippen LogP contribution in [0.5, 0.6) is 5.75 Å². The number of thiazole rings is 1. The maximum absolute atomic E-state index is 14.4. The molecule has 4 rings (SSSR count). The molecule has 0 saturated carbocycles. The van der Waals surface area contributed by atoms with E-state index in [2.05, 4.69) is 15.6 Å². The van der Waals surface area contributed by atoms with Gasteiger partial charge in [0.15, 0.2) is 0 Å². The van der Waals surface area contributed by atoms with Gasteiger partial charge in [0, 0.05) is 11.8 Å². The van der Waals surface area contributed by atoms with Crippen LogP contribution in [-0.4, -0.2) is 52.1 Å². The van der Waals surface area contributed by atoms with E-state index in [0.29, 0.717) is 22.6 Å². The molecule has 0 bridgehead atoms. The Balaban J connectivity index is 1.58. The number of halogens is 1. The van der Waals surface area contributed by atoms with E-state index in [-0.39, 0.29) is 25.3 Å². The molecule has 9 nitrogen and oxygen atoms in total. The molecule has 0 radical (unpaired) electrons. The number of ether oxygens (including phenoxy) is 1. The average Bonchev–Trinajstić information content (AvgIpc) is 3.46. The van der Waals surface area contributed by atoms with E-state index in [4.69, 9.17) is 9.84 Å². The summed E-state index contributed by atoms with van der Waals surface area (Å²) in [6.07, 6.45) is -0.0252. The molecule has 3 N–H and O–H groups in total. The number of aliphatic hydroxyl groups is 1. The van der Waals surface area contributed by atoms with Gasteiger partial charge in [0.2, 0.25) is 5.91 Å². The van der Waals surface area contributed by atoms with Gasteiger partial charge in [-0.1, -0.05) is 18.2 Å². The summed E-state index contributed by atoms with van der Waals surface area (Å²) in [5.74, 6) is -1.45. The molecular formula is C24H23FN4O5S. The van der Waals surface area contributed by atoms with Crippen molar-refractivity contribution < 1.29 is 28.6 Å². The minimum absolute atomic E-state index is 0.0252. The molecule has 11 heteroatoms. The summed E-state index contributed by atoms with van der Waals surface area (Å²) in [5.41, 5.74) is 3.24. The van der Waals surface area contributed by atoms with Crippen LogP contribution < -0.4 is 15.4 Å². The molecule has 35 heavy (non-hydrogen) atoms. The van der Waals surface area contributed by atoms with Crippen LogP contribution in [-0.2, 0) is 16.0 Å². The van der Waals surface area contributed by atoms with E-state index in [1.165, 1.54) is 23.5 Å². The van der Waals surface area contributed by atoms with Crippen molar-refractivity contribution >= 4 is 34.9 Å². The second-order valence-electron chi connectivity index (χ2n) is 7.90. The van der Waals surface area contributed by atoms with Gasteiger partial charge < -0.3 is 20.5 Å². The normalized spacial score (nSPS) is 16.2. The van der Waals surface area contributed by atoms with Gasteiger partial charge in [-0.3, -0.25) is 9.59 Å². The van der Waals surface area contributed by atoms with Crippen LogP contribution in [0.2, 0.25) is 0 Å². The number of nitrogens with zero attached hydrogens (tertiary/aromatic N) is 2. The summed E-state index contributed by atoms with van der Waals surface area (Å²) < 4.78 is 19.7. The number of imide groups is 1. The highest BCUT2D eigenvalue weighted by atomic mass is 32.1. The summed E-state index contributed by atoms with van der Waals surface area (Å²) in [4.78, 5) is 44.5. The van der Waals surface area contributed by atoms with Crippen LogP contribution in [0, 0.1) is 12.7 Å². The van der Waals surface area contributed by atoms with E-state index in [1.807, 2.05) is 0 Å². The minimum Gasteiger partial charge on any atom is -0.491 e. The molecule has 0 aliphatic carbocycles. The predicted molar refractivity (Wildman–Crippen MR) is 127 cm³/mol. The molecule has 2 atom stereocenters. The number of aromatic nitrogens is 1. The lowest BCUT2D eigenvalue weighted by atomic mass is 10.0. The van der Waals surface area contributed by atoms with Crippen molar-refractivity contribution in [2.75, 3.05) is 18.5 Å². The van der Waals surface area contributed by atoms with E-state index in [1.54, 1.807) is 48.1 Å². The number of anilines is 1. The highest BCUT2D eigenvalue weighted by molar-refractivity contribution is 7.07. The minimum atomic E-state index is -1.25. The lowest BCUT2D eigenvalue weighted by molar-refractivity contribution is -0.134. The quantitative estimate of drug-likeness (QED) is 0.390. The summed E-state index contributed by atoms with van der Waals surface area (Å²) in [6, 6.07) is 7.84. The second kappa shape index (κ2) is 10.6. The molecule has 4 amide bonds. The van der Waals surface area contributed by atoms with Crippen molar-refractivity contribution in [3.05, 3.63) is 76.0 Å². The fourth-order valence-corrected chi connectivity index (χ4v) is 4.28. The summed E-state index contributed by atoms with van der Waals surface area (Å²) in [7, 11) is 0. The molecule has 182 valence electrons. The number of aliphatic hydroxyl groups excluding tert-OH is 1. The number of nitrogens with one attached hydrogen (secondary N) is 2. The maximum Gasteiger partial charge on any atom is 0.325 e. The van der Waals surface area contributed by atoms with Gasteiger partial charge in [-0.15, -0.1) is 11.3 Å². The van der Waals surface area contributed by atoms with Crippen molar-refractivity contribution in [3.8, 4) is 5.75 Å². The number of amides is 4. The first-order valence-electron chi connectivity index (χ1n) is 10.8.